The molecule has 0 atom stereocenters. The first-order chi connectivity index (χ1) is 16.3. The van der Waals surface area contributed by atoms with E-state index in [4.69, 9.17) is 20.5 Å². The van der Waals surface area contributed by atoms with Gasteiger partial charge < -0.3 is 9.47 Å². The number of benzene rings is 2. The molecule has 0 heterocycles. The van der Waals surface area contributed by atoms with Crippen LogP contribution in [-0.4, -0.2) is 26.3 Å². The van der Waals surface area contributed by atoms with E-state index in [1.54, 1.807) is 0 Å². The van der Waals surface area contributed by atoms with Crippen LogP contribution in [0.5, 0.6) is 11.5 Å². The lowest BCUT2D eigenvalue weighted by atomic mass is 10.0. The van der Waals surface area contributed by atoms with Gasteiger partial charge in [-0.1, -0.05) is 60.2 Å². The molecule has 0 N–H and O–H groups in total. The highest BCUT2D eigenvalue weighted by molar-refractivity contribution is 5.34. The summed E-state index contributed by atoms with van der Waals surface area (Å²) in [5, 5.41) is 7.08. The predicted molar refractivity (Wildman–Crippen MR) is 132 cm³/mol. The lowest BCUT2D eigenvalue weighted by molar-refractivity contribution is 0.304. The maximum Gasteiger partial charge on any atom is 0.119 e. The lowest BCUT2D eigenvalue weighted by Crippen LogP contribution is -1.98. The Balaban J connectivity index is 1.60. The molecule has 8 nitrogen and oxygen atoms in total. The second kappa shape index (κ2) is 17.2. The maximum atomic E-state index is 8.24. The molecule has 2 aromatic carbocycles. The van der Waals surface area contributed by atoms with E-state index in [-0.39, 0.29) is 0 Å². The van der Waals surface area contributed by atoms with Crippen LogP contribution in [0.15, 0.2) is 58.8 Å². The van der Waals surface area contributed by atoms with Crippen molar-refractivity contribution >= 4 is 0 Å². The van der Waals surface area contributed by atoms with E-state index in [0.717, 1.165) is 69.3 Å². The van der Waals surface area contributed by atoms with Gasteiger partial charge in [0.25, 0.3) is 0 Å². The fraction of sp³-hybridized carbons (Fsp3) is 0.520. The summed E-state index contributed by atoms with van der Waals surface area (Å²) in [7, 11) is 0. The minimum absolute atomic E-state index is 0.580. The van der Waals surface area contributed by atoms with E-state index in [1.165, 1.54) is 11.1 Å². The SMILES string of the molecule is [N-]=[N+]=NCCCCCCOc1ccc(Cc2ccc(OCCCCCCN=[N+]=[N-])cc2)cc1. The average Bonchev–Trinajstić information content (AvgIpc) is 2.84. The smallest absolute Gasteiger partial charge is 0.119 e. The van der Waals surface area contributed by atoms with Gasteiger partial charge in [0.2, 0.25) is 0 Å². The molecule has 0 saturated heterocycles. The second-order valence-corrected chi connectivity index (χ2v) is 7.90. The predicted octanol–water partition coefficient (Wildman–Crippen LogP) is 7.78. The zero-order valence-electron chi connectivity index (χ0n) is 19.3. The number of rotatable bonds is 18. The first-order valence-corrected chi connectivity index (χ1v) is 11.8. The summed E-state index contributed by atoms with van der Waals surface area (Å²) in [6, 6.07) is 16.6. The van der Waals surface area contributed by atoms with Crippen molar-refractivity contribution in [3.05, 3.63) is 80.5 Å². The number of azide groups is 2. The molecule has 0 fully saturated rings. The highest BCUT2D eigenvalue weighted by Gasteiger charge is 2.00. The molecule has 0 aromatic heterocycles. The highest BCUT2D eigenvalue weighted by Crippen LogP contribution is 2.18. The quantitative estimate of drug-likeness (QED) is 0.0997. The Labute approximate surface area is 196 Å². The van der Waals surface area contributed by atoms with Crippen LogP contribution < -0.4 is 9.47 Å². The zero-order valence-corrected chi connectivity index (χ0v) is 19.3. The van der Waals surface area contributed by atoms with Crippen molar-refractivity contribution in [3.63, 3.8) is 0 Å². The van der Waals surface area contributed by atoms with E-state index < -0.39 is 0 Å². The van der Waals surface area contributed by atoms with Gasteiger partial charge in [-0.15, -0.1) is 0 Å². The molecule has 0 aliphatic heterocycles. The topological polar surface area (TPSA) is 116 Å². The van der Waals surface area contributed by atoms with Gasteiger partial charge in [-0.2, -0.15) is 0 Å². The van der Waals surface area contributed by atoms with Gasteiger partial charge in [0.1, 0.15) is 11.5 Å². The first-order valence-electron chi connectivity index (χ1n) is 11.8. The fourth-order valence-electron chi connectivity index (χ4n) is 3.39. The van der Waals surface area contributed by atoms with E-state index >= 15 is 0 Å². The molecule has 0 bridgehead atoms. The Kier molecular flexibility index (Phi) is 13.5. The standard InChI is InChI=1S/C25H34N6O2/c26-30-28-17-5-1-3-7-19-32-24-13-9-22(10-14-24)21-23-11-15-25(16-12-23)33-20-8-4-2-6-18-29-31-27/h9-16H,1-8,17-21H2. The van der Waals surface area contributed by atoms with Crippen molar-refractivity contribution in [1.82, 2.24) is 0 Å². The summed E-state index contributed by atoms with van der Waals surface area (Å²) in [6.45, 7) is 2.57. The van der Waals surface area contributed by atoms with E-state index in [9.17, 15) is 0 Å². The van der Waals surface area contributed by atoms with Gasteiger partial charge in [-0.05, 0) is 78.6 Å². The minimum atomic E-state index is 0.580. The third-order valence-electron chi connectivity index (χ3n) is 5.22. The van der Waals surface area contributed by atoms with Crippen LogP contribution in [0.3, 0.4) is 0 Å². The van der Waals surface area contributed by atoms with E-state index in [1.807, 2.05) is 24.3 Å². The molecule has 0 aliphatic rings. The number of unbranched alkanes of at least 4 members (excludes halogenated alkanes) is 6. The van der Waals surface area contributed by atoms with Crippen LogP contribution in [0, 0.1) is 0 Å². The highest BCUT2D eigenvalue weighted by atomic mass is 16.5. The molecule has 0 spiro atoms. The lowest BCUT2D eigenvalue weighted by Gasteiger charge is -2.09. The molecular weight excluding hydrogens is 416 g/mol. The normalized spacial score (nSPS) is 10.2. The number of nitrogens with zero attached hydrogens (tertiary/aromatic N) is 6. The van der Waals surface area contributed by atoms with Crippen molar-refractivity contribution in [2.75, 3.05) is 26.3 Å². The van der Waals surface area contributed by atoms with Crippen LogP contribution in [-0.2, 0) is 6.42 Å². The van der Waals surface area contributed by atoms with Crippen molar-refractivity contribution < 1.29 is 9.47 Å². The largest absolute Gasteiger partial charge is 0.494 e. The molecule has 0 unspecified atom stereocenters. The summed E-state index contributed by atoms with van der Waals surface area (Å²) in [5.74, 6) is 1.80. The number of hydrogen-bond donors (Lipinski definition) is 0. The molecule has 0 amide bonds. The van der Waals surface area contributed by atoms with Crippen LogP contribution in [0.25, 0.3) is 20.9 Å². The Morgan fingerprint density at radius 3 is 1.33 bits per heavy atom. The van der Waals surface area contributed by atoms with Crippen LogP contribution >= 0.6 is 0 Å². The van der Waals surface area contributed by atoms with Gasteiger partial charge in [-0.25, -0.2) is 0 Å². The van der Waals surface area contributed by atoms with Crippen molar-refractivity contribution in [2.45, 2.75) is 57.8 Å². The monoisotopic (exact) mass is 450 g/mol. The minimum Gasteiger partial charge on any atom is -0.494 e. The van der Waals surface area contributed by atoms with Gasteiger partial charge in [0.05, 0.1) is 13.2 Å². The first kappa shape index (κ1) is 25.9. The van der Waals surface area contributed by atoms with Gasteiger partial charge in [0.15, 0.2) is 0 Å². The van der Waals surface area contributed by atoms with Gasteiger partial charge in [0, 0.05) is 22.9 Å². The summed E-state index contributed by atoms with van der Waals surface area (Å²) < 4.78 is 11.6. The molecule has 8 heteroatoms. The van der Waals surface area contributed by atoms with E-state index in [2.05, 4.69) is 44.3 Å². The Bertz CT molecular complexity index is 799. The summed E-state index contributed by atoms with van der Waals surface area (Å²) in [4.78, 5) is 5.51. The van der Waals surface area contributed by atoms with Crippen molar-refractivity contribution in [3.8, 4) is 11.5 Å². The molecule has 0 radical (unpaired) electrons. The fourth-order valence-corrected chi connectivity index (χ4v) is 3.39. The van der Waals surface area contributed by atoms with Crippen LogP contribution in [0.2, 0.25) is 0 Å². The second-order valence-electron chi connectivity index (χ2n) is 7.90. The number of hydrogen-bond acceptors (Lipinski definition) is 4. The summed E-state index contributed by atoms with van der Waals surface area (Å²) in [6.07, 6.45) is 9.04. The van der Waals surface area contributed by atoms with Gasteiger partial charge >= 0.3 is 0 Å². The molecular formula is C25H34N6O2. The van der Waals surface area contributed by atoms with Crippen LogP contribution in [0.1, 0.15) is 62.5 Å². The third-order valence-corrected chi connectivity index (χ3v) is 5.22. The Morgan fingerprint density at radius 2 is 0.939 bits per heavy atom. The molecule has 0 aliphatic carbocycles. The molecule has 33 heavy (non-hydrogen) atoms. The number of ether oxygens (including phenoxy) is 2. The molecule has 2 rings (SSSR count). The Morgan fingerprint density at radius 1 is 0.545 bits per heavy atom. The summed E-state index contributed by atoms with van der Waals surface area (Å²) in [5.41, 5.74) is 19.0. The molecule has 0 saturated carbocycles. The third kappa shape index (κ3) is 12.3. The van der Waals surface area contributed by atoms with Crippen molar-refractivity contribution in [2.24, 2.45) is 10.2 Å². The van der Waals surface area contributed by atoms with Crippen molar-refractivity contribution in [1.29, 1.82) is 0 Å². The van der Waals surface area contributed by atoms with E-state index in [0.29, 0.717) is 26.3 Å². The zero-order chi connectivity index (χ0) is 23.4. The molecule has 2 aromatic rings. The summed E-state index contributed by atoms with van der Waals surface area (Å²) >= 11 is 0. The maximum absolute atomic E-state index is 8.24. The van der Waals surface area contributed by atoms with Gasteiger partial charge in [-0.3, -0.25) is 0 Å². The molecule has 176 valence electrons. The van der Waals surface area contributed by atoms with Crippen LogP contribution in [0.4, 0.5) is 0 Å². The average molecular weight is 451 g/mol. The Hall–Kier alpha value is -3.34.